The van der Waals surface area contributed by atoms with E-state index in [0.717, 1.165) is 4.90 Å². The van der Waals surface area contributed by atoms with Gasteiger partial charge in [-0.2, -0.15) is 0 Å². The molecule has 0 heterocycles. The van der Waals surface area contributed by atoms with E-state index in [1.807, 2.05) is 0 Å². The third-order valence-corrected chi connectivity index (χ3v) is 3.03. The van der Waals surface area contributed by atoms with Gasteiger partial charge in [-0.25, -0.2) is 14.5 Å². The van der Waals surface area contributed by atoms with Gasteiger partial charge < -0.3 is 23.7 Å². The molecular weight excluding hydrogens is 342 g/mol. The van der Waals surface area contributed by atoms with Gasteiger partial charge in [0.1, 0.15) is 19.1 Å². The summed E-state index contributed by atoms with van der Waals surface area (Å²) in [7, 11) is 1.54. The molecule has 0 N–H and O–H groups in total. The summed E-state index contributed by atoms with van der Waals surface area (Å²) in [5.41, 5.74) is 0.646. The highest BCUT2D eigenvalue weighted by Gasteiger charge is 2.26. The SMILES string of the molecule is CCOC(=O)N(Cc1ccccc1OCCOCOC)C(=O)OC(C)C. The molecule has 0 aliphatic heterocycles. The Balaban J connectivity index is 2.82. The number of methoxy groups -OCH3 is 1. The van der Waals surface area contributed by atoms with Gasteiger partial charge in [-0.3, -0.25) is 0 Å². The standard InChI is InChI=1S/C18H27NO7/c1-5-24-17(20)19(18(21)26-14(2)3)12-15-8-6-7-9-16(15)25-11-10-23-13-22-4/h6-9,14H,5,10-13H2,1-4H3. The van der Waals surface area contributed by atoms with Crippen LogP contribution in [0.5, 0.6) is 5.75 Å². The molecule has 0 atom stereocenters. The number of hydrogen-bond donors (Lipinski definition) is 0. The molecule has 0 fully saturated rings. The molecule has 2 amide bonds. The second kappa shape index (κ2) is 12.1. The summed E-state index contributed by atoms with van der Waals surface area (Å²) in [6, 6.07) is 7.11. The minimum Gasteiger partial charge on any atom is -0.491 e. The predicted molar refractivity (Wildman–Crippen MR) is 93.9 cm³/mol. The zero-order chi connectivity index (χ0) is 19.4. The van der Waals surface area contributed by atoms with E-state index in [9.17, 15) is 9.59 Å². The van der Waals surface area contributed by atoms with Crippen molar-refractivity contribution in [1.82, 2.24) is 4.90 Å². The predicted octanol–water partition coefficient (Wildman–Crippen LogP) is 3.19. The molecule has 146 valence electrons. The molecule has 1 aromatic rings. The molecule has 0 unspecified atom stereocenters. The number of carbonyl (C=O) groups excluding carboxylic acids is 2. The van der Waals surface area contributed by atoms with Crippen LogP contribution in [0.25, 0.3) is 0 Å². The van der Waals surface area contributed by atoms with Gasteiger partial charge >= 0.3 is 12.2 Å². The Labute approximate surface area is 153 Å². The average molecular weight is 369 g/mol. The zero-order valence-corrected chi connectivity index (χ0v) is 15.7. The van der Waals surface area contributed by atoms with Crippen molar-refractivity contribution in [3.8, 4) is 5.75 Å². The van der Waals surface area contributed by atoms with Gasteiger partial charge in [0, 0.05) is 12.7 Å². The zero-order valence-electron chi connectivity index (χ0n) is 15.7. The van der Waals surface area contributed by atoms with Crippen LogP contribution in [0.2, 0.25) is 0 Å². The quantitative estimate of drug-likeness (QED) is 0.462. The lowest BCUT2D eigenvalue weighted by molar-refractivity contribution is -0.0388. The summed E-state index contributed by atoms with van der Waals surface area (Å²) >= 11 is 0. The van der Waals surface area contributed by atoms with E-state index in [1.165, 1.54) is 7.11 Å². The van der Waals surface area contributed by atoms with Gasteiger partial charge in [-0.05, 0) is 26.8 Å². The van der Waals surface area contributed by atoms with Crippen LogP contribution in [0, 0.1) is 0 Å². The molecule has 0 bridgehead atoms. The van der Waals surface area contributed by atoms with E-state index in [2.05, 4.69) is 0 Å². The van der Waals surface area contributed by atoms with Gasteiger partial charge in [-0.15, -0.1) is 0 Å². The summed E-state index contributed by atoms with van der Waals surface area (Å²) in [5, 5.41) is 0. The molecule has 8 nitrogen and oxygen atoms in total. The smallest absolute Gasteiger partial charge is 0.419 e. The van der Waals surface area contributed by atoms with E-state index in [1.54, 1.807) is 45.0 Å². The highest BCUT2D eigenvalue weighted by Crippen LogP contribution is 2.21. The van der Waals surface area contributed by atoms with Gasteiger partial charge in [0.25, 0.3) is 0 Å². The number of hydrogen-bond acceptors (Lipinski definition) is 7. The molecule has 0 spiro atoms. The fourth-order valence-corrected chi connectivity index (χ4v) is 1.97. The fraction of sp³-hybridized carbons (Fsp3) is 0.556. The highest BCUT2D eigenvalue weighted by molar-refractivity contribution is 5.87. The van der Waals surface area contributed by atoms with Crippen molar-refractivity contribution in [2.24, 2.45) is 0 Å². The third-order valence-electron chi connectivity index (χ3n) is 3.03. The Hall–Kier alpha value is -2.32. The first-order valence-electron chi connectivity index (χ1n) is 8.41. The van der Waals surface area contributed by atoms with E-state index in [-0.39, 0.29) is 26.0 Å². The average Bonchev–Trinajstić information content (AvgIpc) is 2.60. The van der Waals surface area contributed by atoms with Gasteiger partial charge in [-0.1, -0.05) is 18.2 Å². The van der Waals surface area contributed by atoms with Crippen molar-refractivity contribution < 1.29 is 33.3 Å². The summed E-state index contributed by atoms with van der Waals surface area (Å²) in [6.07, 6.45) is -1.89. The van der Waals surface area contributed by atoms with Crippen LogP contribution in [0.1, 0.15) is 26.3 Å². The van der Waals surface area contributed by atoms with Crippen LogP contribution < -0.4 is 4.74 Å². The Morgan fingerprint density at radius 3 is 2.50 bits per heavy atom. The van der Waals surface area contributed by atoms with Gasteiger partial charge in [0.15, 0.2) is 0 Å². The van der Waals surface area contributed by atoms with Crippen molar-refractivity contribution in [2.45, 2.75) is 33.4 Å². The maximum absolute atomic E-state index is 12.2. The van der Waals surface area contributed by atoms with Crippen molar-refractivity contribution in [1.29, 1.82) is 0 Å². The number of carbonyl (C=O) groups is 2. The number of ether oxygens (including phenoxy) is 5. The lowest BCUT2D eigenvalue weighted by Crippen LogP contribution is -2.38. The van der Waals surface area contributed by atoms with E-state index >= 15 is 0 Å². The van der Waals surface area contributed by atoms with Crippen molar-refractivity contribution in [3.05, 3.63) is 29.8 Å². The largest absolute Gasteiger partial charge is 0.491 e. The summed E-state index contributed by atoms with van der Waals surface area (Å²) in [5.74, 6) is 0.542. The molecule has 1 aromatic carbocycles. The topological polar surface area (TPSA) is 83.5 Å². The lowest BCUT2D eigenvalue weighted by Gasteiger charge is -2.22. The molecule has 0 radical (unpaired) electrons. The van der Waals surface area contributed by atoms with Crippen LogP contribution in [-0.4, -0.2) is 56.9 Å². The molecule has 1 rings (SSSR count). The highest BCUT2D eigenvalue weighted by atomic mass is 16.7. The first-order valence-corrected chi connectivity index (χ1v) is 8.41. The fourth-order valence-electron chi connectivity index (χ4n) is 1.97. The Morgan fingerprint density at radius 1 is 1.12 bits per heavy atom. The maximum Gasteiger partial charge on any atom is 0.419 e. The number of para-hydroxylation sites is 1. The van der Waals surface area contributed by atoms with Crippen molar-refractivity contribution >= 4 is 12.2 Å². The number of benzene rings is 1. The molecule has 0 aromatic heterocycles. The molecule has 0 saturated carbocycles. The number of amides is 2. The van der Waals surface area contributed by atoms with Gasteiger partial charge in [0.2, 0.25) is 0 Å². The molecule has 26 heavy (non-hydrogen) atoms. The number of nitrogens with zero attached hydrogens (tertiary/aromatic N) is 1. The Kier molecular flexibility index (Phi) is 10.1. The monoisotopic (exact) mass is 369 g/mol. The normalized spacial score (nSPS) is 10.5. The number of imide groups is 1. The van der Waals surface area contributed by atoms with Crippen molar-refractivity contribution in [3.63, 3.8) is 0 Å². The van der Waals surface area contributed by atoms with E-state index in [4.69, 9.17) is 23.7 Å². The van der Waals surface area contributed by atoms with Gasteiger partial charge in [0.05, 0.1) is 25.9 Å². The third kappa shape index (κ3) is 7.71. The second-order valence-electron chi connectivity index (χ2n) is 5.49. The van der Waals surface area contributed by atoms with Crippen LogP contribution in [0.15, 0.2) is 24.3 Å². The van der Waals surface area contributed by atoms with E-state index in [0.29, 0.717) is 24.5 Å². The first-order chi connectivity index (χ1) is 12.5. The minimum atomic E-state index is -0.767. The van der Waals surface area contributed by atoms with Crippen LogP contribution in [0.4, 0.5) is 9.59 Å². The summed E-state index contributed by atoms with van der Waals surface area (Å²) in [6.45, 7) is 6.04. The number of rotatable bonds is 10. The maximum atomic E-state index is 12.2. The second-order valence-corrected chi connectivity index (χ2v) is 5.49. The molecule has 0 saturated heterocycles. The lowest BCUT2D eigenvalue weighted by atomic mass is 10.2. The first kappa shape index (κ1) is 21.7. The van der Waals surface area contributed by atoms with Crippen LogP contribution in [0.3, 0.4) is 0 Å². The Morgan fingerprint density at radius 2 is 1.85 bits per heavy atom. The summed E-state index contributed by atoms with van der Waals surface area (Å²) in [4.78, 5) is 25.3. The van der Waals surface area contributed by atoms with Crippen molar-refractivity contribution in [2.75, 3.05) is 33.7 Å². The molecule has 0 aliphatic rings. The summed E-state index contributed by atoms with van der Waals surface area (Å²) < 4.78 is 25.7. The molecular formula is C18H27NO7. The molecule has 8 heteroatoms. The van der Waals surface area contributed by atoms with E-state index < -0.39 is 12.2 Å². The molecule has 0 aliphatic carbocycles. The Bertz CT molecular complexity index is 562. The van der Waals surface area contributed by atoms with Crippen LogP contribution >= 0.6 is 0 Å². The van der Waals surface area contributed by atoms with Crippen LogP contribution in [-0.2, 0) is 25.5 Å². The minimum absolute atomic E-state index is 0.0283.